The van der Waals surface area contributed by atoms with E-state index in [1.54, 1.807) is 6.20 Å². The van der Waals surface area contributed by atoms with Gasteiger partial charge < -0.3 is 15.0 Å². The number of piperidine rings is 1. The predicted octanol–water partition coefficient (Wildman–Crippen LogP) is 1.16. The zero-order valence-electron chi connectivity index (χ0n) is 11.3. The first-order chi connectivity index (χ1) is 9.29. The summed E-state index contributed by atoms with van der Waals surface area (Å²) < 4.78 is 4.57. The zero-order valence-corrected chi connectivity index (χ0v) is 11.3. The summed E-state index contributed by atoms with van der Waals surface area (Å²) in [6, 6.07) is 0. The van der Waals surface area contributed by atoms with E-state index in [1.165, 1.54) is 45.7 Å². The first-order valence-electron chi connectivity index (χ1n) is 6.66. The van der Waals surface area contributed by atoms with E-state index in [1.807, 2.05) is 0 Å². The number of likely N-dealkylation sites (tertiary alicyclic amines) is 1. The van der Waals surface area contributed by atoms with Gasteiger partial charge in [0.15, 0.2) is 5.69 Å². The average Bonchev–Trinajstić information content (AvgIpc) is 2.48. The molecule has 2 heterocycles. The van der Waals surface area contributed by atoms with Gasteiger partial charge in [-0.25, -0.2) is 14.8 Å². The van der Waals surface area contributed by atoms with Gasteiger partial charge in [0.05, 0.1) is 19.5 Å². The molecule has 1 aromatic rings. The Balaban J connectivity index is 1.75. The lowest BCUT2D eigenvalue weighted by Crippen LogP contribution is -2.33. The van der Waals surface area contributed by atoms with Crippen LogP contribution in [-0.4, -0.2) is 54.1 Å². The molecule has 0 aromatic carbocycles. The molecule has 19 heavy (non-hydrogen) atoms. The fourth-order valence-electron chi connectivity index (χ4n) is 2.15. The summed E-state index contributed by atoms with van der Waals surface area (Å²) in [5, 5.41) is 3.21. The lowest BCUT2D eigenvalue weighted by molar-refractivity contribution is 0.0593. The fourth-order valence-corrected chi connectivity index (χ4v) is 2.15. The monoisotopic (exact) mass is 264 g/mol. The van der Waals surface area contributed by atoms with E-state index in [2.05, 4.69) is 24.9 Å². The van der Waals surface area contributed by atoms with Crippen molar-refractivity contribution in [1.29, 1.82) is 0 Å². The van der Waals surface area contributed by atoms with Crippen LogP contribution in [0.1, 0.15) is 29.8 Å². The van der Waals surface area contributed by atoms with Gasteiger partial charge in [0.2, 0.25) is 0 Å². The second-order valence-corrected chi connectivity index (χ2v) is 4.61. The number of aromatic nitrogens is 2. The standard InChI is InChI=1S/C13H20N4O2/c1-19-13(18)11-9-16-12(10-15-11)14-5-8-17-6-3-2-4-7-17/h9-10H,2-8H2,1H3,(H,14,16). The van der Waals surface area contributed by atoms with Gasteiger partial charge in [-0.2, -0.15) is 0 Å². The summed E-state index contributed by atoms with van der Waals surface area (Å²) >= 11 is 0. The third kappa shape index (κ3) is 4.17. The summed E-state index contributed by atoms with van der Waals surface area (Å²) in [5.41, 5.74) is 0.226. The maximum absolute atomic E-state index is 11.2. The van der Waals surface area contributed by atoms with Gasteiger partial charge in [0, 0.05) is 13.1 Å². The van der Waals surface area contributed by atoms with Crippen LogP contribution in [-0.2, 0) is 4.74 Å². The van der Waals surface area contributed by atoms with Crippen molar-refractivity contribution in [2.45, 2.75) is 19.3 Å². The molecule has 0 aliphatic carbocycles. The highest BCUT2D eigenvalue weighted by Crippen LogP contribution is 2.08. The fraction of sp³-hybridized carbons (Fsp3) is 0.615. The zero-order chi connectivity index (χ0) is 13.5. The van der Waals surface area contributed by atoms with Crippen molar-refractivity contribution in [1.82, 2.24) is 14.9 Å². The van der Waals surface area contributed by atoms with Crippen LogP contribution in [0.4, 0.5) is 5.82 Å². The van der Waals surface area contributed by atoms with Crippen molar-refractivity contribution in [2.75, 3.05) is 38.6 Å². The molecule has 0 saturated carbocycles. The quantitative estimate of drug-likeness (QED) is 0.805. The number of anilines is 1. The Labute approximate surface area is 113 Å². The largest absolute Gasteiger partial charge is 0.464 e. The predicted molar refractivity (Wildman–Crippen MR) is 72.2 cm³/mol. The molecule has 0 spiro atoms. The van der Waals surface area contributed by atoms with Crippen molar-refractivity contribution < 1.29 is 9.53 Å². The number of carbonyl (C=O) groups excluding carboxylic acids is 1. The molecule has 6 heteroatoms. The van der Waals surface area contributed by atoms with Gasteiger partial charge in [-0.1, -0.05) is 6.42 Å². The second-order valence-electron chi connectivity index (χ2n) is 4.61. The van der Waals surface area contributed by atoms with Crippen LogP contribution >= 0.6 is 0 Å². The van der Waals surface area contributed by atoms with Crippen molar-refractivity contribution >= 4 is 11.8 Å². The molecule has 0 radical (unpaired) electrons. The number of hydrogen-bond acceptors (Lipinski definition) is 6. The van der Waals surface area contributed by atoms with Crippen LogP contribution in [0.5, 0.6) is 0 Å². The molecule has 1 fully saturated rings. The van der Waals surface area contributed by atoms with Gasteiger partial charge in [-0.05, 0) is 25.9 Å². The minimum absolute atomic E-state index is 0.226. The molecule has 0 unspecified atom stereocenters. The summed E-state index contributed by atoms with van der Waals surface area (Å²) in [4.78, 5) is 21.8. The van der Waals surface area contributed by atoms with Crippen LogP contribution < -0.4 is 5.32 Å². The minimum Gasteiger partial charge on any atom is -0.464 e. The molecule has 6 nitrogen and oxygen atoms in total. The molecule has 1 aromatic heterocycles. The van der Waals surface area contributed by atoms with E-state index >= 15 is 0 Å². The van der Waals surface area contributed by atoms with Crippen LogP contribution in [0.3, 0.4) is 0 Å². The Morgan fingerprint density at radius 3 is 2.74 bits per heavy atom. The van der Waals surface area contributed by atoms with Crippen LogP contribution in [0.25, 0.3) is 0 Å². The number of carbonyl (C=O) groups is 1. The highest BCUT2D eigenvalue weighted by molar-refractivity contribution is 5.86. The van der Waals surface area contributed by atoms with E-state index in [0.29, 0.717) is 5.82 Å². The lowest BCUT2D eigenvalue weighted by Gasteiger charge is -2.26. The molecular weight excluding hydrogens is 244 g/mol. The van der Waals surface area contributed by atoms with E-state index in [9.17, 15) is 4.79 Å². The van der Waals surface area contributed by atoms with Crippen LogP contribution in [0, 0.1) is 0 Å². The Morgan fingerprint density at radius 2 is 2.11 bits per heavy atom. The Hall–Kier alpha value is -1.69. The molecule has 104 valence electrons. The summed E-state index contributed by atoms with van der Waals surface area (Å²) in [5.74, 6) is 0.219. The third-order valence-electron chi connectivity index (χ3n) is 3.23. The maximum Gasteiger partial charge on any atom is 0.358 e. The molecule has 0 atom stereocenters. The molecule has 1 saturated heterocycles. The number of rotatable bonds is 5. The topological polar surface area (TPSA) is 67.3 Å². The molecule has 2 rings (SSSR count). The smallest absolute Gasteiger partial charge is 0.358 e. The van der Waals surface area contributed by atoms with Gasteiger partial charge in [0.1, 0.15) is 5.82 Å². The number of ether oxygens (including phenoxy) is 1. The van der Waals surface area contributed by atoms with E-state index < -0.39 is 5.97 Å². The van der Waals surface area contributed by atoms with E-state index in [0.717, 1.165) is 13.1 Å². The second kappa shape index (κ2) is 7.04. The van der Waals surface area contributed by atoms with E-state index in [4.69, 9.17) is 0 Å². The summed E-state index contributed by atoms with van der Waals surface area (Å²) in [6.45, 7) is 4.23. The molecule has 0 bridgehead atoms. The van der Waals surface area contributed by atoms with Crippen LogP contribution in [0.15, 0.2) is 12.4 Å². The molecule has 1 aliphatic heterocycles. The van der Waals surface area contributed by atoms with Crippen molar-refractivity contribution in [3.8, 4) is 0 Å². The van der Waals surface area contributed by atoms with Gasteiger partial charge in [0.25, 0.3) is 0 Å². The minimum atomic E-state index is -0.465. The van der Waals surface area contributed by atoms with E-state index in [-0.39, 0.29) is 5.69 Å². The van der Waals surface area contributed by atoms with Crippen molar-refractivity contribution in [3.63, 3.8) is 0 Å². The Kier molecular flexibility index (Phi) is 5.09. The average molecular weight is 264 g/mol. The number of methoxy groups -OCH3 is 1. The highest BCUT2D eigenvalue weighted by Gasteiger charge is 2.10. The highest BCUT2D eigenvalue weighted by atomic mass is 16.5. The van der Waals surface area contributed by atoms with Gasteiger partial charge >= 0.3 is 5.97 Å². The first kappa shape index (κ1) is 13.7. The van der Waals surface area contributed by atoms with Crippen molar-refractivity contribution in [2.24, 2.45) is 0 Å². The SMILES string of the molecule is COC(=O)c1cnc(NCCN2CCCCC2)cn1. The number of nitrogens with one attached hydrogen (secondary N) is 1. The molecule has 0 amide bonds. The number of esters is 1. The first-order valence-corrected chi connectivity index (χ1v) is 6.66. The normalized spacial score (nSPS) is 16.1. The number of hydrogen-bond donors (Lipinski definition) is 1. The third-order valence-corrected chi connectivity index (χ3v) is 3.23. The summed E-state index contributed by atoms with van der Waals surface area (Å²) in [7, 11) is 1.33. The Morgan fingerprint density at radius 1 is 1.32 bits per heavy atom. The van der Waals surface area contributed by atoms with Gasteiger partial charge in [-0.15, -0.1) is 0 Å². The molecule has 1 N–H and O–H groups in total. The lowest BCUT2D eigenvalue weighted by atomic mass is 10.1. The molecular formula is C13H20N4O2. The van der Waals surface area contributed by atoms with Crippen LogP contribution in [0.2, 0.25) is 0 Å². The van der Waals surface area contributed by atoms with Crippen molar-refractivity contribution in [3.05, 3.63) is 18.1 Å². The summed E-state index contributed by atoms with van der Waals surface area (Å²) in [6.07, 6.45) is 6.93. The Bertz CT molecular complexity index is 402. The molecule has 1 aliphatic rings. The van der Waals surface area contributed by atoms with Gasteiger partial charge in [-0.3, -0.25) is 0 Å². The number of nitrogens with zero attached hydrogens (tertiary/aromatic N) is 3. The maximum atomic E-state index is 11.2.